The van der Waals surface area contributed by atoms with Crippen LogP contribution < -0.4 is 0 Å². The third-order valence-electron chi connectivity index (χ3n) is 3.78. The van der Waals surface area contributed by atoms with Gasteiger partial charge in [-0.15, -0.1) is 11.6 Å². The van der Waals surface area contributed by atoms with Gasteiger partial charge in [0.25, 0.3) is 0 Å². The van der Waals surface area contributed by atoms with Gasteiger partial charge in [0, 0.05) is 19.0 Å². The fraction of sp³-hybridized carbons (Fsp3) is 0.538. The standard InChI is InChI=1S/C13H15ClFNO3S/c14-6-9-1-4-13(12(15)5-9)20(17,18)16-7-10-2-3-11(8-16)19-10/h1,4-5,10-11H,2-3,6-8H2. The number of hydrogen-bond donors (Lipinski definition) is 0. The molecule has 0 spiro atoms. The normalized spacial score (nSPS) is 26.9. The van der Waals surface area contributed by atoms with Gasteiger partial charge in [-0.2, -0.15) is 4.31 Å². The summed E-state index contributed by atoms with van der Waals surface area (Å²) in [7, 11) is -3.81. The lowest BCUT2D eigenvalue weighted by atomic mass is 10.2. The summed E-state index contributed by atoms with van der Waals surface area (Å²) in [4.78, 5) is -0.285. The van der Waals surface area contributed by atoms with Crippen molar-refractivity contribution < 1.29 is 17.5 Å². The smallest absolute Gasteiger partial charge is 0.246 e. The molecule has 2 unspecified atom stereocenters. The summed E-state index contributed by atoms with van der Waals surface area (Å²) in [5.41, 5.74) is 0.560. The molecule has 0 aliphatic carbocycles. The highest BCUT2D eigenvalue weighted by Crippen LogP contribution is 2.30. The zero-order valence-electron chi connectivity index (χ0n) is 10.8. The molecule has 2 aliphatic heterocycles. The average Bonchev–Trinajstić information content (AvgIpc) is 2.76. The summed E-state index contributed by atoms with van der Waals surface area (Å²) in [6.07, 6.45) is 1.61. The van der Waals surface area contributed by atoms with Crippen molar-refractivity contribution in [2.45, 2.75) is 35.8 Å². The van der Waals surface area contributed by atoms with Crippen LogP contribution in [0.25, 0.3) is 0 Å². The third-order valence-corrected chi connectivity index (χ3v) is 5.95. The molecule has 2 bridgehead atoms. The van der Waals surface area contributed by atoms with Gasteiger partial charge < -0.3 is 4.74 Å². The third kappa shape index (κ3) is 2.45. The molecule has 4 nitrogen and oxygen atoms in total. The Labute approximate surface area is 122 Å². The molecule has 2 aliphatic rings. The van der Waals surface area contributed by atoms with Gasteiger partial charge in [0.15, 0.2) is 0 Å². The number of fused-ring (bicyclic) bond motifs is 2. The number of halogens is 2. The molecule has 1 aromatic rings. The van der Waals surface area contributed by atoms with Crippen molar-refractivity contribution in [2.24, 2.45) is 0 Å². The van der Waals surface area contributed by atoms with E-state index in [4.69, 9.17) is 16.3 Å². The number of benzene rings is 1. The summed E-state index contributed by atoms with van der Waals surface area (Å²) < 4.78 is 46.0. The Bertz CT molecular complexity index is 610. The number of alkyl halides is 1. The summed E-state index contributed by atoms with van der Waals surface area (Å²) >= 11 is 5.62. The summed E-state index contributed by atoms with van der Waals surface area (Å²) in [5, 5.41) is 0. The van der Waals surface area contributed by atoms with Gasteiger partial charge in [-0.25, -0.2) is 12.8 Å². The molecule has 0 amide bonds. The molecule has 110 valence electrons. The lowest BCUT2D eigenvalue weighted by Gasteiger charge is -2.31. The van der Waals surface area contributed by atoms with Crippen LogP contribution in [-0.4, -0.2) is 38.0 Å². The van der Waals surface area contributed by atoms with Crippen LogP contribution in [0.15, 0.2) is 23.1 Å². The molecule has 1 aromatic carbocycles. The summed E-state index contributed by atoms with van der Waals surface area (Å²) in [6, 6.07) is 4.01. The van der Waals surface area contributed by atoms with E-state index in [1.54, 1.807) is 0 Å². The number of morpholine rings is 1. The van der Waals surface area contributed by atoms with E-state index in [2.05, 4.69) is 0 Å². The van der Waals surface area contributed by atoms with Crippen LogP contribution in [-0.2, 0) is 20.6 Å². The largest absolute Gasteiger partial charge is 0.372 e. The predicted octanol–water partition coefficient (Wildman–Crippen LogP) is 2.12. The zero-order valence-corrected chi connectivity index (χ0v) is 12.3. The van der Waals surface area contributed by atoms with Gasteiger partial charge in [0.05, 0.1) is 12.2 Å². The molecule has 20 heavy (non-hydrogen) atoms. The Balaban J connectivity index is 1.92. The molecule has 0 aromatic heterocycles. The van der Waals surface area contributed by atoms with Gasteiger partial charge in [-0.3, -0.25) is 0 Å². The number of sulfonamides is 1. The topological polar surface area (TPSA) is 46.6 Å². The van der Waals surface area contributed by atoms with E-state index >= 15 is 0 Å². The van der Waals surface area contributed by atoms with E-state index in [1.165, 1.54) is 22.5 Å². The minimum Gasteiger partial charge on any atom is -0.372 e. The molecule has 2 atom stereocenters. The quantitative estimate of drug-likeness (QED) is 0.802. The zero-order chi connectivity index (χ0) is 14.3. The van der Waals surface area contributed by atoms with Gasteiger partial charge in [-0.1, -0.05) is 6.07 Å². The molecule has 0 saturated carbocycles. The van der Waals surface area contributed by atoms with Crippen LogP contribution in [0.4, 0.5) is 4.39 Å². The van der Waals surface area contributed by atoms with Crippen molar-refractivity contribution in [1.29, 1.82) is 0 Å². The first-order valence-corrected chi connectivity index (χ1v) is 8.48. The first-order valence-electron chi connectivity index (χ1n) is 6.50. The lowest BCUT2D eigenvalue weighted by molar-refractivity contribution is -0.0115. The van der Waals surface area contributed by atoms with Gasteiger partial charge in [0.1, 0.15) is 10.7 Å². The Morgan fingerprint density at radius 2 is 1.95 bits per heavy atom. The molecule has 2 fully saturated rings. The maximum absolute atomic E-state index is 14.0. The van der Waals surface area contributed by atoms with E-state index < -0.39 is 15.8 Å². The highest BCUT2D eigenvalue weighted by atomic mass is 35.5. The highest BCUT2D eigenvalue weighted by Gasteiger charge is 2.40. The van der Waals surface area contributed by atoms with E-state index in [0.717, 1.165) is 12.8 Å². The van der Waals surface area contributed by atoms with Crippen molar-refractivity contribution in [3.05, 3.63) is 29.6 Å². The predicted molar refractivity (Wildman–Crippen MR) is 72.6 cm³/mol. The maximum atomic E-state index is 14.0. The fourth-order valence-corrected chi connectivity index (χ4v) is 4.46. The lowest BCUT2D eigenvalue weighted by Crippen LogP contribution is -2.45. The second-order valence-electron chi connectivity index (χ2n) is 5.18. The van der Waals surface area contributed by atoms with Crippen molar-refractivity contribution in [3.8, 4) is 0 Å². The molecule has 3 rings (SSSR count). The Morgan fingerprint density at radius 1 is 1.30 bits per heavy atom. The fourth-order valence-electron chi connectivity index (χ4n) is 2.75. The van der Waals surface area contributed by atoms with Crippen molar-refractivity contribution >= 4 is 21.6 Å². The van der Waals surface area contributed by atoms with E-state index in [0.29, 0.717) is 18.7 Å². The Morgan fingerprint density at radius 3 is 2.50 bits per heavy atom. The van der Waals surface area contributed by atoms with Crippen LogP contribution in [0.2, 0.25) is 0 Å². The second kappa shape index (κ2) is 5.26. The molecule has 2 saturated heterocycles. The van der Waals surface area contributed by atoms with Gasteiger partial charge in [-0.05, 0) is 30.5 Å². The highest BCUT2D eigenvalue weighted by molar-refractivity contribution is 7.89. The number of nitrogens with zero attached hydrogens (tertiary/aromatic N) is 1. The second-order valence-corrected chi connectivity index (χ2v) is 7.35. The molecule has 0 radical (unpaired) electrons. The Hall–Kier alpha value is -0.690. The van der Waals surface area contributed by atoms with E-state index in [9.17, 15) is 12.8 Å². The Kier molecular flexibility index (Phi) is 3.75. The molecule has 7 heteroatoms. The number of rotatable bonds is 3. The molecular formula is C13H15ClFNO3S. The van der Waals surface area contributed by atoms with Crippen molar-refractivity contribution in [1.82, 2.24) is 4.31 Å². The first-order chi connectivity index (χ1) is 9.50. The van der Waals surface area contributed by atoms with Crippen LogP contribution in [0.5, 0.6) is 0 Å². The van der Waals surface area contributed by atoms with Gasteiger partial charge >= 0.3 is 0 Å². The minimum atomic E-state index is -3.81. The van der Waals surface area contributed by atoms with Crippen LogP contribution in [0.3, 0.4) is 0 Å². The summed E-state index contributed by atoms with van der Waals surface area (Å²) in [6.45, 7) is 0.602. The van der Waals surface area contributed by atoms with Crippen LogP contribution in [0, 0.1) is 5.82 Å². The molecular weight excluding hydrogens is 305 g/mol. The minimum absolute atomic E-state index is 0.0614. The van der Waals surface area contributed by atoms with Crippen molar-refractivity contribution in [2.75, 3.05) is 13.1 Å². The molecule has 0 N–H and O–H groups in total. The van der Waals surface area contributed by atoms with E-state index in [1.807, 2.05) is 0 Å². The average molecular weight is 320 g/mol. The first kappa shape index (κ1) is 14.3. The van der Waals surface area contributed by atoms with Crippen molar-refractivity contribution in [3.63, 3.8) is 0 Å². The number of ether oxygens (including phenoxy) is 1. The number of hydrogen-bond acceptors (Lipinski definition) is 3. The van der Waals surface area contributed by atoms with Crippen LogP contribution >= 0.6 is 11.6 Å². The van der Waals surface area contributed by atoms with Crippen LogP contribution in [0.1, 0.15) is 18.4 Å². The van der Waals surface area contributed by atoms with E-state index in [-0.39, 0.29) is 23.0 Å². The monoisotopic (exact) mass is 319 g/mol. The maximum Gasteiger partial charge on any atom is 0.246 e. The molecule has 2 heterocycles. The summed E-state index contributed by atoms with van der Waals surface area (Å²) in [5.74, 6) is -0.596. The van der Waals surface area contributed by atoms with Gasteiger partial charge in [0.2, 0.25) is 10.0 Å². The SMILES string of the molecule is O=S(=O)(c1ccc(CCl)cc1F)N1CC2CCC(C1)O2.